The lowest BCUT2D eigenvalue weighted by atomic mass is 9.78. The van der Waals surface area contributed by atoms with E-state index in [9.17, 15) is 0 Å². The lowest BCUT2D eigenvalue weighted by molar-refractivity contribution is -0.0721. The van der Waals surface area contributed by atoms with E-state index in [1.54, 1.807) is 7.11 Å². The number of methoxy groups -OCH3 is 1. The van der Waals surface area contributed by atoms with Crippen LogP contribution in [0, 0.1) is 5.92 Å². The molecule has 2 saturated heterocycles. The summed E-state index contributed by atoms with van der Waals surface area (Å²) in [6, 6.07) is 10.8. The zero-order chi connectivity index (χ0) is 14.5. The van der Waals surface area contributed by atoms with Crippen molar-refractivity contribution in [3.05, 3.63) is 35.9 Å². The number of nitrogens with zero attached hydrogens (tertiary/aromatic N) is 1. The smallest absolute Gasteiger partial charge is 0.0736 e. The van der Waals surface area contributed by atoms with Crippen molar-refractivity contribution in [2.75, 3.05) is 33.4 Å². The van der Waals surface area contributed by atoms with E-state index in [0.29, 0.717) is 5.92 Å². The first-order valence-corrected chi connectivity index (χ1v) is 8.21. The van der Waals surface area contributed by atoms with Gasteiger partial charge in [-0.25, -0.2) is 0 Å². The molecule has 0 radical (unpaired) electrons. The highest BCUT2D eigenvalue weighted by molar-refractivity contribution is 5.14. The molecule has 3 heteroatoms. The van der Waals surface area contributed by atoms with E-state index < -0.39 is 0 Å². The highest BCUT2D eigenvalue weighted by Crippen LogP contribution is 2.42. The minimum absolute atomic E-state index is 0.145. The van der Waals surface area contributed by atoms with Gasteiger partial charge < -0.3 is 9.47 Å². The molecule has 0 unspecified atom stereocenters. The number of rotatable bonds is 5. The van der Waals surface area contributed by atoms with Gasteiger partial charge in [0.1, 0.15) is 0 Å². The van der Waals surface area contributed by atoms with Crippen LogP contribution in [0.1, 0.15) is 31.2 Å². The highest BCUT2D eigenvalue weighted by Gasteiger charge is 2.45. The van der Waals surface area contributed by atoms with Crippen LogP contribution in [-0.4, -0.2) is 43.9 Å². The molecule has 1 aromatic rings. The molecule has 3 nitrogen and oxygen atoms in total. The molecule has 0 amide bonds. The third kappa shape index (κ3) is 3.47. The number of hydrogen-bond acceptors (Lipinski definition) is 3. The number of piperidine rings is 1. The molecule has 1 spiro atoms. The molecule has 0 aliphatic carbocycles. The van der Waals surface area contributed by atoms with Crippen LogP contribution in [-0.2, 0) is 16.0 Å². The monoisotopic (exact) mass is 289 g/mol. The maximum atomic E-state index is 6.21. The van der Waals surface area contributed by atoms with Crippen LogP contribution >= 0.6 is 0 Å². The lowest BCUT2D eigenvalue weighted by Gasteiger charge is -2.42. The summed E-state index contributed by atoms with van der Waals surface area (Å²) in [5.41, 5.74) is 1.56. The van der Waals surface area contributed by atoms with Crippen LogP contribution in [0.4, 0.5) is 0 Å². The molecule has 2 aliphatic heterocycles. The second-order valence-corrected chi connectivity index (χ2v) is 6.44. The van der Waals surface area contributed by atoms with Gasteiger partial charge in [-0.05, 0) is 37.2 Å². The largest absolute Gasteiger partial charge is 0.385 e. The first kappa shape index (κ1) is 15.0. The van der Waals surface area contributed by atoms with E-state index >= 15 is 0 Å². The molecular weight excluding hydrogens is 262 g/mol. The van der Waals surface area contributed by atoms with Gasteiger partial charge in [-0.15, -0.1) is 0 Å². The fourth-order valence-corrected chi connectivity index (χ4v) is 3.94. The summed E-state index contributed by atoms with van der Waals surface area (Å²) in [6.45, 7) is 5.17. The molecule has 0 N–H and O–H groups in total. The van der Waals surface area contributed by atoms with E-state index in [1.165, 1.54) is 24.8 Å². The Hall–Kier alpha value is -0.900. The first-order chi connectivity index (χ1) is 10.3. The van der Waals surface area contributed by atoms with Crippen LogP contribution < -0.4 is 0 Å². The van der Waals surface area contributed by atoms with Gasteiger partial charge in [0.15, 0.2) is 0 Å². The first-order valence-electron chi connectivity index (χ1n) is 8.21. The molecule has 2 heterocycles. The van der Waals surface area contributed by atoms with E-state index in [-0.39, 0.29) is 5.60 Å². The minimum Gasteiger partial charge on any atom is -0.385 e. The summed E-state index contributed by atoms with van der Waals surface area (Å²) in [6.07, 6.45) is 4.71. The summed E-state index contributed by atoms with van der Waals surface area (Å²) in [7, 11) is 1.80. The molecule has 1 atom stereocenters. The van der Waals surface area contributed by atoms with Crippen molar-refractivity contribution in [1.29, 1.82) is 0 Å². The van der Waals surface area contributed by atoms with Crippen molar-refractivity contribution >= 4 is 0 Å². The molecule has 2 fully saturated rings. The van der Waals surface area contributed by atoms with Gasteiger partial charge >= 0.3 is 0 Å². The zero-order valence-electron chi connectivity index (χ0n) is 13.1. The van der Waals surface area contributed by atoms with Crippen molar-refractivity contribution in [2.24, 2.45) is 5.92 Å². The Bertz CT molecular complexity index is 426. The van der Waals surface area contributed by atoms with Crippen LogP contribution in [0.3, 0.4) is 0 Å². The van der Waals surface area contributed by atoms with Gasteiger partial charge in [-0.3, -0.25) is 4.90 Å². The van der Waals surface area contributed by atoms with E-state index in [4.69, 9.17) is 9.47 Å². The quantitative estimate of drug-likeness (QED) is 0.831. The van der Waals surface area contributed by atoms with E-state index in [2.05, 4.69) is 35.2 Å². The fourth-order valence-electron chi connectivity index (χ4n) is 3.94. The van der Waals surface area contributed by atoms with Crippen molar-refractivity contribution in [2.45, 2.75) is 37.8 Å². The second-order valence-electron chi connectivity index (χ2n) is 6.44. The van der Waals surface area contributed by atoms with Gasteiger partial charge in [-0.1, -0.05) is 30.3 Å². The Morgan fingerprint density at radius 3 is 2.71 bits per heavy atom. The van der Waals surface area contributed by atoms with Crippen molar-refractivity contribution in [3.8, 4) is 0 Å². The van der Waals surface area contributed by atoms with Crippen LogP contribution in [0.15, 0.2) is 30.3 Å². The maximum absolute atomic E-state index is 6.21. The molecule has 116 valence electrons. The molecule has 2 aliphatic rings. The van der Waals surface area contributed by atoms with Gasteiger partial charge in [-0.2, -0.15) is 0 Å². The van der Waals surface area contributed by atoms with Crippen molar-refractivity contribution < 1.29 is 9.47 Å². The average molecular weight is 289 g/mol. The summed E-state index contributed by atoms with van der Waals surface area (Å²) in [5, 5.41) is 0. The van der Waals surface area contributed by atoms with Crippen LogP contribution in [0.2, 0.25) is 0 Å². The highest BCUT2D eigenvalue weighted by atomic mass is 16.5. The minimum atomic E-state index is 0.145. The Labute approximate surface area is 128 Å². The Morgan fingerprint density at radius 2 is 2.00 bits per heavy atom. The summed E-state index contributed by atoms with van der Waals surface area (Å²) < 4.78 is 11.5. The van der Waals surface area contributed by atoms with E-state index in [1.807, 2.05) is 0 Å². The van der Waals surface area contributed by atoms with E-state index in [0.717, 1.165) is 39.3 Å². The third-order valence-corrected chi connectivity index (χ3v) is 5.22. The lowest BCUT2D eigenvalue weighted by Crippen LogP contribution is -2.47. The predicted molar refractivity (Wildman–Crippen MR) is 84.2 cm³/mol. The number of ether oxygens (including phenoxy) is 2. The number of likely N-dealkylation sites (tertiary alicyclic amines) is 1. The SMILES string of the molecule is COCC[C@@H]1CCOC12CCN(Cc1ccccc1)CC2. The molecule has 21 heavy (non-hydrogen) atoms. The number of benzene rings is 1. The van der Waals surface area contributed by atoms with Gasteiger partial charge in [0.2, 0.25) is 0 Å². The Morgan fingerprint density at radius 1 is 1.24 bits per heavy atom. The maximum Gasteiger partial charge on any atom is 0.0736 e. The van der Waals surface area contributed by atoms with Crippen molar-refractivity contribution in [3.63, 3.8) is 0 Å². The predicted octanol–water partition coefficient (Wildman–Crippen LogP) is 3.09. The number of hydrogen-bond donors (Lipinski definition) is 0. The summed E-state index contributed by atoms with van der Waals surface area (Å²) >= 11 is 0. The van der Waals surface area contributed by atoms with Gasteiger partial charge in [0.25, 0.3) is 0 Å². The molecular formula is C18H27NO2. The molecule has 0 saturated carbocycles. The van der Waals surface area contributed by atoms with Gasteiger partial charge in [0.05, 0.1) is 5.60 Å². The van der Waals surface area contributed by atoms with Gasteiger partial charge in [0, 0.05) is 40.0 Å². The average Bonchev–Trinajstić information content (AvgIpc) is 2.91. The normalized spacial score (nSPS) is 25.5. The molecule has 0 bridgehead atoms. The molecule has 3 rings (SSSR count). The Kier molecular flexibility index (Phi) is 4.94. The fraction of sp³-hybridized carbons (Fsp3) is 0.667. The summed E-state index contributed by atoms with van der Waals surface area (Å²) in [5.74, 6) is 0.691. The summed E-state index contributed by atoms with van der Waals surface area (Å²) in [4.78, 5) is 2.57. The third-order valence-electron chi connectivity index (χ3n) is 5.22. The second kappa shape index (κ2) is 6.91. The standard InChI is InChI=1S/C18H27NO2/c1-20-13-7-17-8-14-21-18(17)9-11-19(12-10-18)15-16-5-3-2-4-6-16/h2-6,17H,7-15H2,1H3/t17-/m1/s1. The zero-order valence-corrected chi connectivity index (χ0v) is 13.1. The molecule has 0 aromatic heterocycles. The topological polar surface area (TPSA) is 21.7 Å². The van der Waals surface area contributed by atoms with Crippen molar-refractivity contribution in [1.82, 2.24) is 4.90 Å². The molecule has 1 aromatic carbocycles. The van der Waals surface area contributed by atoms with Crippen LogP contribution in [0.25, 0.3) is 0 Å². The van der Waals surface area contributed by atoms with Crippen LogP contribution in [0.5, 0.6) is 0 Å². The Balaban J connectivity index is 1.54.